The minimum atomic E-state index is -0.681. The molecule has 29 heavy (non-hydrogen) atoms. The summed E-state index contributed by atoms with van der Waals surface area (Å²) in [5.41, 5.74) is 3.58. The zero-order valence-electron chi connectivity index (χ0n) is 15.9. The van der Waals surface area contributed by atoms with E-state index in [-0.39, 0.29) is 11.8 Å². The fourth-order valence-corrected chi connectivity index (χ4v) is 3.33. The van der Waals surface area contributed by atoms with Gasteiger partial charge in [-0.2, -0.15) is 0 Å². The molecule has 0 saturated heterocycles. The average Bonchev–Trinajstić information content (AvgIpc) is 3.38. The molecule has 1 unspecified atom stereocenters. The Kier molecular flexibility index (Phi) is 5.11. The third kappa shape index (κ3) is 4.19. The van der Waals surface area contributed by atoms with Crippen LogP contribution in [0.2, 0.25) is 0 Å². The van der Waals surface area contributed by atoms with Gasteiger partial charge < -0.3 is 20.2 Å². The predicted octanol–water partition coefficient (Wildman–Crippen LogP) is 3.04. The van der Waals surface area contributed by atoms with Crippen LogP contribution in [0.3, 0.4) is 0 Å². The molecule has 4 rings (SSSR count). The first-order valence-corrected chi connectivity index (χ1v) is 9.31. The molecule has 2 aromatic heterocycles. The molecule has 0 aliphatic carbocycles. The summed E-state index contributed by atoms with van der Waals surface area (Å²) in [6.45, 7) is 1.41. The molecule has 7 nitrogen and oxygen atoms in total. The number of carbonyl (C=O) groups excluding carboxylic acids is 2. The molecule has 1 atom stereocenters. The molecule has 0 saturated carbocycles. The number of imidazole rings is 1. The Morgan fingerprint density at radius 3 is 2.66 bits per heavy atom. The summed E-state index contributed by atoms with van der Waals surface area (Å²) in [7, 11) is 0. The Hall–Kier alpha value is -3.87. The number of fused-ring (bicyclic) bond motifs is 1. The highest BCUT2D eigenvalue weighted by Crippen LogP contribution is 2.20. The number of hydrogen-bond acceptors (Lipinski definition) is 3. The van der Waals surface area contributed by atoms with Gasteiger partial charge in [-0.15, -0.1) is 0 Å². The van der Waals surface area contributed by atoms with Gasteiger partial charge in [0.2, 0.25) is 11.8 Å². The molecule has 0 spiro atoms. The van der Waals surface area contributed by atoms with Crippen molar-refractivity contribution in [2.45, 2.75) is 19.4 Å². The van der Waals surface area contributed by atoms with E-state index < -0.39 is 6.04 Å². The highest BCUT2D eigenvalue weighted by molar-refractivity contribution is 5.97. The average molecular weight is 387 g/mol. The van der Waals surface area contributed by atoms with Crippen molar-refractivity contribution in [2.24, 2.45) is 0 Å². The van der Waals surface area contributed by atoms with Crippen molar-refractivity contribution in [2.75, 3.05) is 5.32 Å². The number of aromatic amines is 1. The normalized spacial score (nSPS) is 11.9. The van der Waals surface area contributed by atoms with Gasteiger partial charge in [-0.1, -0.05) is 18.2 Å². The molecule has 146 valence electrons. The Morgan fingerprint density at radius 2 is 1.93 bits per heavy atom. The third-order valence-electron chi connectivity index (χ3n) is 4.73. The van der Waals surface area contributed by atoms with E-state index in [0.29, 0.717) is 12.1 Å². The number of nitrogens with zero attached hydrogens (tertiary/aromatic N) is 2. The summed E-state index contributed by atoms with van der Waals surface area (Å²) in [6, 6.07) is 14.6. The molecule has 2 amide bonds. The van der Waals surface area contributed by atoms with Crippen molar-refractivity contribution in [1.29, 1.82) is 0 Å². The van der Waals surface area contributed by atoms with Crippen molar-refractivity contribution in [3.05, 3.63) is 79.0 Å². The molecule has 0 bridgehead atoms. The van der Waals surface area contributed by atoms with Crippen molar-refractivity contribution >= 4 is 28.4 Å². The number of nitrogens with one attached hydrogen (secondary N) is 3. The summed E-state index contributed by atoms with van der Waals surface area (Å²) in [5, 5.41) is 6.69. The van der Waals surface area contributed by atoms with Crippen LogP contribution in [0, 0.1) is 0 Å². The van der Waals surface area contributed by atoms with Crippen LogP contribution in [0.4, 0.5) is 5.69 Å². The van der Waals surface area contributed by atoms with E-state index >= 15 is 0 Å². The standard InChI is InChI=1S/C22H21N5O2/c1-15(28)25-21(12-16-13-24-20-5-3-2-4-19(16)20)22(29)26-17-6-8-18(9-7-17)27-11-10-23-14-27/h2-11,13-14,21,24H,12H2,1H3,(H,25,28)(H,26,29). The number of hydrogen-bond donors (Lipinski definition) is 3. The number of benzene rings is 2. The molecule has 2 aromatic carbocycles. The fourth-order valence-electron chi connectivity index (χ4n) is 3.33. The van der Waals surface area contributed by atoms with E-state index in [9.17, 15) is 9.59 Å². The van der Waals surface area contributed by atoms with Gasteiger partial charge in [0.15, 0.2) is 0 Å². The van der Waals surface area contributed by atoms with Crippen molar-refractivity contribution in [3.63, 3.8) is 0 Å². The molecule has 4 aromatic rings. The molecular weight excluding hydrogens is 366 g/mol. The summed E-state index contributed by atoms with van der Waals surface area (Å²) in [4.78, 5) is 31.8. The maximum atomic E-state index is 12.9. The molecule has 7 heteroatoms. The number of aromatic nitrogens is 3. The summed E-state index contributed by atoms with van der Waals surface area (Å²) >= 11 is 0. The van der Waals surface area contributed by atoms with Crippen LogP contribution in [-0.4, -0.2) is 32.4 Å². The highest BCUT2D eigenvalue weighted by Gasteiger charge is 2.21. The van der Waals surface area contributed by atoms with Gasteiger partial charge in [-0.25, -0.2) is 4.98 Å². The SMILES string of the molecule is CC(=O)NC(Cc1c[nH]c2ccccc12)C(=O)Nc1ccc(-n2ccnc2)cc1. The quantitative estimate of drug-likeness (QED) is 0.475. The van der Waals surface area contributed by atoms with E-state index in [0.717, 1.165) is 22.2 Å². The number of H-pyrrole nitrogens is 1. The maximum absolute atomic E-state index is 12.9. The lowest BCUT2D eigenvalue weighted by molar-refractivity contribution is -0.125. The monoisotopic (exact) mass is 387 g/mol. The lowest BCUT2D eigenvalue weighted by Crippen LogP contribution is -2.44. The minimum absolute atomic E-state index is 0.250. The zero-order chi connectivity index (χ0) is 20.2. The largest absolute Gasteiger partial charge is 0.361 e. The topological polar surface area (TPSA) is 91.8 Å². The molecule has 0 fully saturated rings. The Labute approximate surface area is 167 Å². The van der Waals surface area contributed by atoms with Gasteiger partial charge >= 0.3 is 0 Å². The lowest BCUT2D eigenvalue weighted by Gasteiger charge is -2.17. The Morgan fingerprint density at radius 1 is 1.14 bits per heavy atom. The summed E-state index contributed by atoms with van der Waals surface area (Å²) in [5.74, 6) is -0.513. The zero-order valence-corrected chi connectivity index (χ0v) is 15.9. The summed E-state index contributed by atoms with van der Waals surface area (Å²) < 4.78 is 1.88. The molecule has 3 N–H and O–H groups in total. The maximum Gasteiger partial charge on any atom is 0.247 e. The van der Waals surface area contributed by atoms with Crippen molar-refractivity contribution in [1.82, 2.24) is 19.9 Å². The van der Waals surface area contributed by atoms with Gasteiger partial charge in [-0.05, 0) is 35.9 Å². The number of para-hydroxylation sites is 1. The molecule has 0 aliphatic rings. The van der Waals surface area contributed by atoms with Gasteiger partial charge in [-0.3, -0.25) is 9.59 Å². The number of rotatable bonds is 6. The van der Waals surface area contributed by atoms with Crippen molar-refractivity contribution < 1.29 is 9.59 Å². The van der Waals surface area contributed by atoms with E-state index in [1.165, 1.54) is 6.92 Å². The van der Waals surface area contributed by atoms with Gasteiger partial charge in [0.05, 0.1) is 6.33 Å². The van der Waals surface area contributed by atoms with E-state index in [2.05, 4.69) is 20.6 Å². The van der Waals surface area contributed by atoms with E-state index in [1.807, 2.05) is 65.5 Å². The van der Waals surface area contributed by atoms with Crippen LogP contribution in [0.25, 0.3) is 16.6 Å². The first-order valence-electron chi connectivity index (χ1n) is 9.31. The Balaban J connectivity index is 1.50. The van der Waals surface area contributed by atoms with Crippen LogP contribution in [-0.2, 0) is 16.0 Å². The first-order chi connectivity index (χ1) is 14.1. The second-order valence-corrected chi connectivity index (χ2v) is 6.82. The second kappa shape index (κ2) is 8.02. The second-order valence-electron chi connectivity index (χ2n) is 6.82. The summed E-state index contributed by atoms with van der Waals surface area (Å²) in [6.07, 6.45) is 7.54. The van der Waals surface area contributed by atoms with Gasteiger partial charge in [0.25, 0.3) is 0 Å². The highest BCUT2D eigenvalue weighted by atomic mass is 16.2. The smallest absolute Gasteiger partial charge is 0.247 e. The predicted molar refractivity (Wildman–Crippen MR) is 112 cm³/mol. The first kappa shape index (κ1) is 18.5. The molecule has 0 radical (unpaired) electrons. The Bertz CT molecular complexity index is 1130. The fraction of sp³-hybridized carbons (Fsp3) is 0.136. The van der Waals surface area contributed by atoms with E-state index in [4.69, 9.17) is 0 Å². The van der Waals surface area contributed by atoms with Crippen LogP contribution < -0.4 is 10.6 Å². The minimum Gasteiger partial charge on any atom is -0.361 e. The lowest BCUT2D eigenvalue weighted by atomic mass is 10.0. The van der Waals surface area contributed by atoms with Crippen LogP contribution in [0.15, 0.2) is 73.4 Å². The van der Waals surface area contributed by atoms with Gasteiger partial charge in [0, 0.05) is 54.2 Å². The molecular formula is C22H21N5O2. The van der Waals surface area contributed by atoms with Crippen LogP contribution in [0.1, 0.15) is 12.5 Å². The molecule has 0 aliphatic heterocycles. The van der Waals surface area contributed by atoms with Gasteiger partial charge in [0.1, 0.15) is 6.04 Å². The number of anilines is 1. The van der Waals surface area contributed by atoms with Crippen molar-refractivity contribution in [3.8, 4) is 5.69 Å². The third-order valence-corrected chi connectivity index (χ3v) is 4.73. The molecule has 2 heterocycles. The van der Waals surface area contributed by atoms with E-state index in [1.54, 1.807) is 12.5 Å². The van der Waals surface area contributed by atoms with Crippen LogP contribution in [0.5, 0.6) is 0 Å². The number of carbonyl (C=O) groups is 2. The van der Waals surface area contributed by atoms with Crippen LogP contribution >= 0.6 is 0 Å². The number of amides is 2.